The minimum atomic E-state index is -0.193. The molecule has 2 atom stereocenters. The maximum atomic E-state index is 11.9. The van der Waals surface area contributed by atoms with Gasteiger partial charge in [-0.1, -0.05) is 24.1 Å². The van der Waals surface area contributed by atoms with Gasteiger partial charge in [0.15, 0.2) is 0 Å². The summed E-state index contributed by atoms with van der Waals surface area (Å²) in [4.78, 5) is 11.9. The molecule has 2 rings (SSSR count). The Bertz CT molecular complexity index is 505. The van der Waals surface area contributed by atoms with Crippen LogP contribution in [0, 0.1) is 26.7 Å². The molecule has 122 valence electrons. The largest absolute Gasteiger partial charge is 0.393 e. The van der Waals surface area contributed by atoms with Crippen LogP contribution in [-0.4, -0.2) is 23.8 Å². The molecular formula is C18H28N2O2. The van der Waals surface area contributed by atoms with Gasteiger partial charge in [0.25, 0.3) is 0 Å². The number of rotatable bonds is 4. The Morgan fingerprint density at radius 1 is 1.18 bits per heavy atom. The Morgan fingerprint density at radius 2 is 1.86 bits per heavy atom. The Hall–Kier alpha value is -1.55. The molecule has 0 spiro atoms. The molecule has 4 nitrogen and oxygen atoms in total. The molecule has 0 saturated heterocycles. The number of aryl methyl sites for hydroxylation is 3. The van der Waals surface area contributed by atoms with Crippen LogP contribution in [0.15, 0.2) is 12.1 Å². The SMILES string of the molecule is Cc1cc(C)c(CNC(=O)NCC2CCCC(O)C2)c(C)c1. The van der Waals surface area contributed by atoms with Crippen molar-refractivity contribution in [3.05, 3.63) is 34.4 Å². The molecule has 1 aliphatic carbocycles. The highest BCUT2D eigenvalue weighted by atomic mass is 16.3. The molecule has 0 aliphatic heterocycles. The molecule has 1 aromatic rings. The Labute approximate surface area is 133 Å². The number of urea groups is 1. The highest BCUT2D eigenvalue weighted by molar-refractivity contribution is 5.73. The number of hydrogen-bond donors (Lipinski definition) is 3. The molecule has 3 N–H and O–H groups in total. The second-order valence-corrected chi connectivity index (χ2v) is 6.63. The first-order valence-corrected chi connectivity index (χ1v) is 8.22. The van der Waals surface area contributed by atoms with Crippen LogP contribution in [0.1, 0.15) is 47.9 Å². The van der Waals surface area contributed by atoms with Gasteiger partial charge in [-0.3, -0.25) is 0 Å². The van der Waals surface area contributed by atoms with E-state index >= 15 is 0 Å². The van der Waals surface area contributed by atoms with Crippen molar-refractivity contribution >= 4 is 6.03 Å². The van der Waals surface area contributed by atoms with Gasteiger partial charge in [-0.25, -0.2) is 4.79 Å². The van der Waals surface area contributed by atoms with Crippen LogP contribution in [0.5, 0.6) is 0 Å². The van der Waals surface area contributed by atoms with Gasteiger partial charge < -0.3 is 15.7 Å². The lowest BCUT2D eigenvalue weighted by atomic mass is 9.87. The molecule has 2 unspecified atom stereocenters. The number of carbonyl (C=O) groups excluding carboxylic acids is 1. The van der Waals surface area contributed by atoms with E-state index in [2.05, 4.69) is 43.5 Å². The van der Waals surface area contributed by atoms with Crippen molar-refractivity contribution in [3.63, 3.8) is 0 Å². The predicted molar refractivity (Wildman–Crippen MR) is 88.9 cm³/mol. The van der Waals surface area contributed by atoms with Crippen LogP contribution >= 0.6 is 0 Å². The summed E-state index contributed by atoms with van der Waals surface area (Å²) in [5.74, 6) is 0.400. The smallest absolute Gasteiger partial charge is 0.315 e. The second-order valence-electron chi connectivity index (χ2n) is 6.63. The van der Waals surface area contributed by atoms with Gasteiger partial charge >= 0.3 is 6.03 Å². The van der Waals surface area contributed by atoms with Gasteiger partial charge in [0.1, 0.15) is 0 Å². The van der Waals surface area contributed by atoms with Gasteiger partial charge in [-0.2, -0.15) is 0 Å². The van der Waals surface area contributed by atoms with Gasteiger partial charge in [-0.05, 0) is 62.6 Å². The second kappa shape index (κ2) is 7.63. The van der Waals surface area contributed by atoms with E-state index in [1.165, 1.54) is 22.3 Å². The summed E-state index contributed by atoms with van der Waals surface area (Å²) in [6.07, 6.45) is 3.65. The Morgan fingerprint density at radius 3 is 2.50 bits per heavy atom. The highest BCUT2D eigenvalue weighted by Gasteiger charge is 2.20. The summed E-state index contributed by atoms with van der Waals surface area (Å²) in [5, 5.41) is 15.5. The summed E-state index contributed by atoms with van der Waals surface area (Å²) in [7, 11) is 0. The van der Waals surface area contributed by atoms with E-state index in [9.17, 15) is 9.90 Å². The fraction of sp³-hybridized carbons (Fsp3) is 0.611. The number of carbonyl (C=O) groups is 1. The van der Waals surface area contributed by atoms with Crippen molar-refractivity contribution in [1.29, 1.82) is 0 Å². The third-order valence-corrected chi connectivity index (χ3v) is 4.57. The van der Waals surface area contributed by atoms with E-state index in [1.807, 2.05) is 0 Å². The first kappa shape index (κ1) is 16.8. The highest BCUT2D eigenvalue weighted by Crippen LogP contribution is 2.23. The number of benzene rings is 1. The summed E-state index contributed by atoms with van der Waals surface area (Å²) < 4.78 is 0. The minimum Gasteiger partial charge on any atom is -0.393 e. The lowest BCUT2D eigenvalue weighted by molar-refractivity contribution is 0.101. The van der Waals surface area contributed by atoms with E-state index in [1.54, 1.807) is 0 Å². The average Bonchev–Trinajstić information content (AvgIpc) is 2.44. The van der Waals surface area contributed by atoms with Gasteiger partial charge in [-0.15, -0.1) is 0 Å². The van der Waals surface area contributed by atoms with Crippen LogP contribution in [0.3, 0.4) is 0 Å². The van der Waals surface area contributed by atoms with Crippen molar-refractivity contribution in [2.75, 3.05) is 6.54 Å². The zero-order valence-electron chi connectivity index (χ0n) is 13.9. The number of nitrogens with one attached hydrogen (secondary N) is 2. The van der Waals surface area contributed by atoms with Crippen LogP contribution in [0.25, 0.3) is 0 Å². The lowest BCUT2D eigenvalue weighted by Crippen LogP contribution is -2.39. The number of hydrogen-bond acceptors (Lipinski definition) is 2. The van der Waals surface area contributed by atoms with E-state index < -0.39 is 0 Å². The first-order chi connectivity index (χ1) is 10.5. The van der Waals surface area contributed by atoms with Gasteiger partial charge in [0.05, 0.1) is 6.10 Å². The van der Waals surface area contributed by atoms with Crippen molar-refractivity contribution in [2.45, 2.75) is 59.1 Å². The number of aliphatic hydroxyl groups is 1. The lowest BCUT2D eigenvalue weighted by Gasteiger charge is -2.26. The molecule has 0 bridgehead atoms. The maximum absolute atomic E-state index is 11.9. The Balaban J connectivity index is 1.78. The van der Waals surface area contributed by atoms with Crippen LogP contribution in [0.2, 0.25) is 0 Å². The quantitative estimate of drug-likeness (QED) is 0.801. The molecule has 0 heterocycles. The molecule has 0 aromatic heterocycles. The van der Waals surface area contributed by atoms with E-state index in [0.29, 0.717) is 19.0 Å². The van der Waals surface area contributed by atoms with Crippen LogP contribution in [0.4, 0.5) is 4.79 Å². The molecule has 2 amide bonds. The van der Waals surface area contributed by atoms with E-state index in [4.69, 9.17) is 0 Å². The standard InChI is InChI=1S/C18H28N2O2/c1-12-7-13(2)17(14(3)8-12)11-20-18(22)19-10-15-5-4-6-16(21)9-15/h7-8,15-16,21H,4-6,9-11H2,1-3H3,(H2,19,20,22). The Kier molecular flexibility index (Phi) is 5.83. The monoisotopic (exact) mass is 304 g/mol. The van der Waals surface area contributed by atoms with Crippen molar-refractivity contribution in [2.24, 2.45) is 5.92 Å². The van der Waals surface area contributed by atoms with Crippen molar-refractivity contribution in [3.8, 4) is 0 Å². The van der Waals surface area contributed by atoms with Crippen molar-refractivity contribution < 1.29 is 9.90 Å². The summed E-state index contributed by atoms with van der Waals surface area (Å²) in [5.41, 5.74) is 4.87. The van der Waals surface area contributed by atoms with Gasteiger partial charge in [0.2, 0.25) is 0 Å². The third-order valence-electron chi connectivity index (χ3n) is 4.57. The fourth-order valence-corrected chi connectivity index (χ4v) is 3.40. The molecule has 0 radical (unpaired) electrons. The van der Waals surface area contributed by atoms with Crippen molar-refractivity contribution in [1.82, 2.24) is 10.6 Å². The molecule has 4 heteroatoms. The van der Waals surface area contributed by atoms with E-state index in [0.717, 1.165) is 25.7 Å². The molecule has 1 aromatic carbocycles. The minimum absolute atomic E-state index is 0.126. The van der Waals surface area contributed by atoms with Crippen LogP contribution in [-0.2, 0) is 6.54 Å². The van der Waals surface area contributed by atoms with Crippen LogP contribution < -0.4 is 10.6 Å². The summed E-state index contributed by atoms with van der Waals surface area (Å²) in [6.45, 7) is 7.45. The zero-order valence-corrected chi connectivity index (χ0v) is 13.9. The van der Waals surface area contributed by atoms with Gasteiger partial charge in [0, 0.05) is 13.1 Å². The number of aliphatic hydroxyl groups excluding tert-OH is 1. The zero-order chi connectivity index (χ0) is 16.1. The molecule has 1 aliphatic rings. The average molecular weight is 304 g/mol. The van der Waals surface area contributed by atoms with E-state index in [-0.39, 0.29) is 12.1 Å². The molecule has 22 heavy (non-hydrogen) atoms. The summed E-state index contributed by atoms with van der Waals surface area (Å²) in [6, 6.07) is 4.16. The predicted octanol–water partition coefficient (Wildman–Crippen LogP) is 2.96. The normalized spacial score (nSPS) is 21.5. The summed E-state index contributed by atoms with van der Waals surface area (Å²) >= 11 is 0. The number of amides is 2. The first-order valence-electron chi connectivity index (χ1n) is 8.22. The molecule has 1 fully saturated rings. The maximum Gasteiger partial charge on any atom is 0.315 e. The fourth-order valence-electron chi connectivity index (χ4n) is 3.40. The molecular weight excluding hydrogens is 276 g/mol. The topological polar surface area (TPSA) is 61.4 Å². The molecule has 1 saturated carbocycles. The third kappa shape index (κ3) is 4.73.